The van der Waals surface area contributed by atoms with Gasteiger partial charge in [-0.1, -0.05) is 25.1 Å². The van der Waals surface area contributed by atoms with Gasteiger partial charge in [-0.15, -0.1) is 0 Å². The van der Waals surface area contributed by atoms with E-state index in [9.17, 15) is 4.79 Å². The molecular formula is C30H42N7O6P. The normalized spacial score (nSPS) is 20.9. The van der Waals surface area contributed by atoms with Gasteiger partial charge >= 0.3 is 0 Å². The maximum absolute atomic E-state index is 12.9. The second kappa shape index (κ2) is 16.3. The van der Waals surface area contributed by atoms with Crippen LogP contribution in [0, 0.1) is 6.57 Å². The molecule has 0 spiro atoms. The average Bonchev–Trinajstić information content (AvgIpc) is 3.59. The third-order valence-electron chi connectivity index (χ3n) is 7.05. The summed E-state index contributed by atoms with van der Waals surface area (Å²) < 4.78 is 35.3. The van der Waals surface area contributed by atoms with E-state index in [4.69, 9.17) is 29.8 Å². The first-order valence-corrected chi connectivity index (χ1v) is 15.9. The summed E-state index contributed by atoms with van der Waals surface area (Å²) in [6, 6.07) is 9.17. The topological polar surface area (TPSA) is 126 Å². The van der Waals surface area contributed by atoms with Crippen molar-refractivity contribution < 1.29 is 28.1 Å². The van der Waals surface area contributed by atoms with E-state index in [1.54, 1.807) is 42.3 Å². The molecule has 5 atom stereocenters. The quantitative estimate of drug-likeness (QED) is 0.130. The van der Waals surface area contributed by atoms with Crippen molar-refractivity contribution in [2.24, 2.45) is 0 Å². The highest BCUT2D eigenvalue weighted by atomic mass is 31.2. The minimum absolute atomic E-state index is 0.138. The molecular weight excluding hydrogens is 585 g/mol. The SMILES string of the molecule is [C-]#[N+]CCOP(OC1[C@@H](CC)O[C@@H](n2cnc3c(NC(=O)c4ccccc4)ncnc32)[C@H]1OCCOC)N(C(C)C)C(C)C. The summed E-state index contributed by atoms with van der Waals surface area (Å²) in [6.45, 7) is 18.8. The number of hydrogen-bond acceptors (Lipinski definition) is 10. The Balaban J connectivity index is 1.67. The number of carbonyl (C=O) groups is 1. The maximum atomic E-state index is 12.9. The second-order valence-electron chi connectivity index (χ2n) is 10.8. The van der Waals surface area contributed by atoms with Gasteiger partial charge in [-0.2, -0.15) is 0 Å². The van der Waals surface area contributed by atoms with Crippen LogP contribution < -0.4 is 5.32 Å². The molecule has 0 aliphatic carbocycles. The Hall–Kier alpha value is -3.08. The molecule has 2 aromatic heterocycles. The molecule has 1 amide bonds. The number of carbonyl (C=O) groups excluding carboxylic acids is 1. The summed E-state index contributed by atoms with van der Waals surface area (Å²) in [5.74, 6) is -0.0116. The van der Waals surface area contributed by atoms with Crippen molar-refractivity contribution in [2.75, 3.05) is 38.8 Å². The first kappa shape index (κ1) is 33.8. The second-order valence-corrected chi connectivity index (χ2v) is 12.2. The highest BCUT2D eigenvalue weighted by molar-refractivity contribution is 7.44. The molecule has 1 N–H and O–H groups in total. The lowest BCUT2D eigenvalue weighted by molar-refractivity contribution is -0.0753. The van der Waals surface area contributed by atoms with Crippen LogP contribution in [0.5, 0.6) is 0 Å². The average molecular weight is 628 g/mol. The number of methoxy groups -OCH3 is 1. The van der Waals surface area contributed by atoms with E-state index in [1.165, 1.54) is 6.33 Å². The number of ether oxygens (including phenoxy) is 3. The van der Waals surface area contributed by atoms with E-state index in [2.05, 4.69) is 57.5 Å². The molecule has 4 rings (SSSR count). The molecule has 3 heterocycles. The summed E-state index contributed by atoms with van der Waals surface area (Å²) in [4.78, 5) is 29.7. The number of nitrogens with one attached hydrogen (secondary N) is 1. The van der Waals surface area contributed by atoms with E-state index in [1.807, 2.05) is 13.0 Å². The van der Waals surface area contributed by atoms with Gasteiger partial charge in [0.05, 0.1) is 25.6 Å². The van der Waals surface area contributed by atoms with E-state index >= 15 is 0 Å². The fourth-order valence-electron chi connectivity index (χ4n) is 5.13. The standard InChI is InChI=1S/C30H42N7O6P/c1-8-23-25(43-44(41-15-14-31-6)37(20(2)3)21(4)5)26(40-17-16-39-7)30(42-23)36-19-34-24-27(32-18-33-28(24)36)35-29(38)22-12-10-9-11-13-22/h9-13,18-21,23,25-26,30H,8,14-17H2,1-5,7H3,(H,32,33,35,38)/t23-,25?,26+,30-,44?/m1/s1. The van der Waals surface area contributed by atoms with Crippen molar-refractivity contribution in [1.29, 1.82) is 0 Å². The largest absolute Gasteiger partial charge is 0.382 e. The summed E-state index contributed by atoms with van der Waals surface area (Å²) in [7, 11) is 0.0681. The zero-order valence-corrected chi connectivity index (χ0v) is 27.0. The molecule has 238 valence electrons. The molecule has 1 saturated heterocycles. The fourth-order valence-corrected chi connectivity index (χ4v) is 6.88. The van der Waals surface area contributed by atoms with Gasteiger partial charge in [0.15, 0.2) is 23.2 Å². The van der Waals surface area contributed by atoms with E-state index in [0.29, 0.717) is 42.2 Å². The predicted molar refractivity (Wildman–Crippen MR) is 167 cm³/mol. The molecule has 14 heteroatoms. The molecule has 3 aromatic rings. The minimum Gasteiger partial charge on any atom is -0.382 e. The molecule has 1 aliphatic rings. The van der Waals surface area contributed by atoms with Crippen molar-refractivity contribution in [3.8, 4) is 0 Å². The molecule has 13 nitrogen and oxygen atoms in total. The first-order valence-electron chi connectivity index (χ1n) is 14.8. The van der Waals surface area contributed by atoms with Gasteiger partial charge in [0.25, 0.3) is 14.4 Å². The monoisotopic (exact) mass is 627 g/mol. The van der Waals surface area contributed by atoms with Crippen LogP contribution in [0.4, 0.5) is 5.82 Å². The Kier molecular flexibility index (Phi) is 12.5. The van der Waals surface area contributed by atoms with Gasteiger partial charge in [0.2, 0.25) is 6.54 Å². The van der Waals surface area contributed by atoms with E-state index in [0.717, 1.165) is 0 Å². The Morgan fingerprint density at radius 3 is 2.52 bits per heavy atom. The van der Waals surface area contributed by atoms with Crippen molar-refractivity contribution in [1.82, 2.24) is 24.2 Å². The number of hydrogen-bond donors (Lipinski definition) is 1. The van der Waals surface area contributed by atoms with Gasteiger partial charge in [-0.25, -0.2) is 26.2 Å². The van der Waals surface area contributed by atoms with Crippen LogP contribution in [-0.4, -0.2) is 94.0 Å². The van der Waals surface area contributed by atoms with Gasteiger partial charge in [-0.3, -0.25) is 9.36 Å². The third-order valence-corrected chi connectivity index (χ3v) is 9.18. The third kappa shape index (κ3) is 7.95. The summed E-state index contributed by atoms with van der Waals surface area (Å²) in [5.41, 5.74) is 1.40. The number of nitrogens with zero attached hydrogens (tertiary/aromatic N) is 6. The summed E-state index contributed by atoms with van der Waals surface area (Å²) in [5, 5.41) is 2.85. The maximum Gasteiger partial charge on any atom is 0.259 e. The smallest absolute Gasteiger partial charge is 0.259 e. The van der Waals surface area contributed by atoms with Crippen LogP contribution in [0.2, 0.25) is 0 Å². The molecule has 1 aromatic carbocycles. The van der Waals surface area contributed by atoms with Gasteiger partial charge in [-0.05, 0) is 46.2 Å². The van der Waals surface area contributed by atoms with Crippen LogP contribution in [0.3, 0.4) is 0 Å². The Labute approximate surface area is 260 Å². The zero-order chi connectivity index (χ0) is 31.6. The minimum atomic E-state index is -1.55. The molecule has 0 saturated carbocycles. The van der Waals surface area contributed by atoms with Crippen LogP contribution in [0.25, 0.3) is 16.0 Å². The first-order chi connectivity index (χ1) is 21.3. The molecule has 44 heavy (non-hydrogen) atoms. The lowest BCUT2D eigenvalue weighted by Gasteiger charge is -2.38. The molecule has 1 fully saturated rings. The van der Waals surface area contributed by atoms with Crippen LogP contribution in [-0.2, 0) is 23.3 Å². The van der Waals surface area contributed by atoms with E-state index in [-0.39, 0.29) is 37.2 Å². The fraction of sp³-hybridized carbons (Fsp3) is 0.567. The van der Waals surface area contributed by atoms with Gasteiger partial charge in [0, 0.05) is 24.8 Å². The van der Waals surface area contributed by atoms with E-state index < -0.39 is 27.0 Å². The highest BCUT2D eigenvalue weighted by Crippen LogP contribution is 2.51. The molecule has 2 unspecified atom stereocenters. The number of benzene rings is 1. The van der Waals surface area contributed by atoms with Gasteiger partial charge in [0.1, 0.15) is 25.1 Å². The molecule has 1 aliphatic heterocycles. The summed E-state index contributed by atoms with van der Waals surface area (Å²) >= 11 is 0. The van der Waals surface area contributed by atoms with Crippen molar-refractivity contribution in [2.45, 2.75) is 77.7 Å². The number of amides is 1. The zero-order valence-electron chi connectivity index (χ0n) is 26.1. The van der Waals surface area contributed by atoms with Gasteiger partial charge < -0.3 is 33.4 Å². The highest BCUT2D eigenvalue weighted by Gasteiger charge is 2.49. The number of anilines is 1. The van der Waals surface area contributed by atoms with Crippen LogP contribution in [0.1, 0.15) is 57.6 Å². The number of rotatable bonds is 16. The van der Waals surface area contributed by atoms with Crippen LogP contribution >= 0.6 is 8.53 Å². The van der Waals surface area contributed by atoms with Crippen molar-refractivity contribution >= 4 is 31.4 Å². The Morgan fingerprint density at radius 1 is 1.11 bits per heavy atom. The summed E-state index contributed by atoms with van der Waals surface area (Å²) in [6.07, 6.45) is 1.60. The predicted octanol–water partition coefficient (Wildman–Crippen LogP) is 5.08. The molecule has 0 radical (unpaired) electrons. The lowest BCUT2D eigenvalue weighted by Crippen LogP contribution is -2.40. The van der Waals surface area contributed by atoms with Crippen molar-refractivity contribution in [3.63, 3.8) is 0 Å². The molecule has 0 bridgehead atoms. The van der Waals surface area contributed by atoms with Crippen LogP contribution in [0.15, 0.2) is 43.0 Å². The Morgan fingerprint density at radius 2 is 1.86 bits per heavy atom. The number of fused-ring (bicyclic) bond motifs is 1. The number of aromatic nitrogens is 4. The van der Waals surface area contributed by atoms with Crippen molar-refractivity contribution in [3.05, 3.63) is 60.0 Å². The lowest BCUT2D eigenvalue weighted by atomic mass is 10.1. The number of imidazole rings is 1. The Bertz CT molecular complexity index is 1380.